The molecule has 0 bridgehead atoms. The topological polar surface area (TPSA) is 73.8 Å². The van der Waals surface area contributed by atoms with Crippen molar-refractivity contribution in [2.75, 3.05) is 106 Å². The molecular formula is C17H35O8. The molecule has 0 aromatic carbocycles. The standard InChI is InChI=1S/C17H35O8/c1-3-19-6-7-21-10-11-23-14-15-25-17-16-24-13-12-22-9-8-20-5-4-18-2/h1,3-17H2,2H3. The first-order chi connectivity index (χ1) is 12.4. The molecule has 1 radical (unpaired) electrons. The summed E-state index contributed by atoms with van der Waals surface area (Å²) in [6.07, 6.45) is 0. The maximum Gasteiger partial charge on any atom is 0.0701 e. The molecule has 151 valence electrons. The predicted molar refractivity (Wildman–Crippen MR) is 93.0 cm³/mol. The quantitative estimate of drug-likeness (QED) is 0.257. The molecule has 0 atom stereocenters. The molecule has 0 saturated heterocycles. The van der Waals surface area contributed by atoms with Crippen molar-refractivity contribution in [1.82, 2.24) is 0 Å². The van der Waals surface area contributed by atoms with E-state index in [9.17, 15) is 0 Å². The molecule has 0 aliphatic carbocycles. The smallest absolute Gasteiger partial charge is 0.0701 e. The third-order valence-electron chi connectivity index (χ3n) is 2.81. The molecule has 0 spiro atoms. The highest BCUT2D eigenvalue weighted by Crippen LogP contribution is 1.85. The molecule has 0 saturated carbocycles. The second kappa shape index (κ2) is 23.7. The molecule has 8 nitrogen and oxygen atoms in total. The van der Waals surface area contributed by atoms with Gasteiger partial charge < -0.3 is 37.9 Å². The van der Waals surface area contributed by atoms with Crippen LogP contribution in [0.2, 0.25) is 0 Å². The highest BCUT2D eigenvalue weighted by Gasteiger charge is 1.94. The van der Waals surface area contributed by atoms with Gasteiger partial charge in [-0.05, 0) is 6.92 Å². The Morgan fingerprint density at radius 1 is 0.400 bits per heavy atom. The minimum Gasteiger partial charge on any atom is -0.382 e. The van der Waals surface area contributed by atoms with Gasteiger partial charge in [0.25, 0.3) is 0 Å². The van der Waals surface area contributed by atoms with E-state index in [1.54, 1.807) is 7.11 Å². The van der Waals surface area contributed by atoms with Gasteiger partial charge in [-0.15, -0.1) is 0 Å². The minimum atomic E-state index is 0.470. The first kappa shape index (κ1) is 24.7. The van der Waals surface area contributed by atoms with E-state index in [4.69, 9.17) is 37.9 Å². The van der Waals surface area contributed by atoms with Crippen molar-refractivity contribution in [2.24, 2.45) is 0 Å². The van der Waals surface area contributed by atoms with Crippen LogP contribution in [0.25, 0.3) is 0 Å². The molecule has 0 fully saturated rings. The van der Waals surface area contributed by atoms with E-state index >= 15 is 0 Å². The van der Waals surface area contributed by atoms with Crippen LogP contribution in [0.3, 0.4) is 0 Å². The van der Waals surface area contributed by atoms with E-state index in [2.05, 4.69) is 6.92 Å². The lowest BCUT2D eigenvalue weighted by molar-refractivity contribution is -0.0215. The van der Waals surface area contributed by atoms with Crippen LogP contribution in [0.15, 0.2) is 0 Å². The summed E-state index contributed by atoms with van der Waals surface area (Å²) in [5.74, 6) is 0. The molecule has 0 aliphatic rings. The molecule has 0 amide bonds. The minimum absolute atomic E-state index is 0.470. The molecule has 0 heterocycles. The summed E-state index contributed by atoms with van der Waals surface area (Å²) >= 11 is 0. The van der Waals surface area contributed by atoms with Gasteiger partial charge in [-0.1, -0.05) is 0 Å². The van der Waals surface area contributed by atoms with Crippen LogP contribution in [0, 0.1) is 6.92 Å². The Balaban J connectivity index is 2.94. The Hall–Kier alpha value is -0.320. The van der Waals surface area contributed by atoms with E-state index in [0.717, 1.165) is 0 Å². The Bertz CT molecular complexity index is 209. The average molecular weight is 367 g/mol. The van der Waals surface area contributed by atoms with Crippen molar-refractivity contribution in [3.05, 3.63) is 6.92 Å². The number of hydrogen-bond donors (Lipinski definition) is 0. The highest BCUT2D eigenvalue weighted by molar-refractivity contribution is 4.37. The zero-order valence-corrected chi connectivity index (χ0v) is 15.6. The van der Waals surface area contributed by atoms with E-state index in [0.29, 0.717) is 99.1 Å². The lowest BCUT2D eigenvalue weighted by Crippen LogP contribution is -2.14. The third kappa shape index (κ3) is 23.7. The van der Waals surface area contributed by atoms with Crippen LogP contribution in [0.4, 0.5) is 0 Å². The van der Waals surface area contributed by atoms with Crippen molar-refractivity contribution in [3.8, 4) is 0 Å². The molecule has 0 aromatic rings. The summed E-state index contributed by atoms with van der Waals surface area (Å²) in [6, 6.07) is 0. The lowest BCUT2D eigenvalue weighted by atomic mass is 10.6. The number of rotatable bonds is 22. The molecule has 0 aliphatic heterocycles. The Morgan fingerprint density at radius 2 is 0.640 bits per heavy atom. The van der Waals surface area contributed by atoms with Crippen LogP contribution >= 0.6 is 0 Å². The zero-order chi connectivity index (χ0) is 18.3. The van der Waals surface area contributed by atoms with E-state index < -0.39 is 0 Å². The molecule has 0 N–H and O–H groups in total. The van der Waals surface area contributed by atoms with Gasteiger partial charge >= 0.3 is 0 Å². The largest absolute Gasteiger partial charge is 0.382 e. The fourth-order valence-electron chi connectivity index (χ4n) is 1.56. The van der Waals surface area contributed by atoms with Crippen molar-refractivity contribution in [2.45, 2.75) is 0 Å². The van der Waals surface area contributed by atoms with E-state index in [1.807, 2.05) is 0 Å². The normalized spacial score (nSPS) is 11.3. The number of methoxy groups -OCH3 is 1. The van der Waals surface area contributed by atoms with Gasteiger partial charge in [-0.25, -0.2) is 0 Å². The highest BCUT2D eigenvalue weighted by atomic mass is 16.6. The lowest BCUT2D eigenvalue weighted by Gasteiger charge is -2.08. The second-order valence-electron chi connectivity index (χ2n) is 4.78. The predicted octanol–water partition coefficient (Wildman–Crippen LogP) is 0.583. The van der Waals surface area contributed by atoms with Crippen LogP contribution in [0.5, 0.6) is 0 Å². The first-order valence-electron chi connectivity index (χ1n) is 8.74. The Kier molecular flexibility index (Phi) is 23.4. The van der Waals surface area contributed by atoms with Gasteiger partial charge in [0.2, 0.25) is 0 Å². The van der Waals surface area contributed by atoms with E-state index in [1.165, 1.54) is 0 Å². The molecule has 0 unspecified atom stereocenters. The van der Waals surface area contributed by atoms with Crippen molar-refractivity contribution in [1.29, 1.82) is 0 Å². The van der Waals surface area contributed by atoms with Crippen molar-refractivity contribution in [3.63, 3.8) is 0 Å². The summed E-state index contributed by atoms with van der Waals surface area (Å²) < 4.78 is 42.0. The molecule has 8 heteroatoms. The fourth-order valence-corrected chi connectivity index (χ4v) is 1.56. The summed E-state index contributed by atoms with van der Waals surface area (Å²) in [5, 5.41) is 0. The summed E-state index contributed by atoms with van der Waals surface area (Å²) in [4.78, 5) is 0. The Morgan fingerprint density at radius 3 is 0.880 bits per heavy atom. The van der Waals surface area contributed by atoms with Gasteiger partial charge in [-0.2, -0.15) is 0 Å². The van der Waals surface area contributed by atoms with Gasteiger partial charge in [0.15, 0.2) is 0 Å². The van der Waals surface area contributed by atoms with Crippen molar-refractivity contribution >= 4 is 0 Å². The van der Waals surface area contributed by atoms with Gasteiger partial charge in [-0.3, -0.25) is 0 Å². The summed E-state index contributed by atoms with van der Waals surface area (Å²) in [7, 11) is 1.65. The van der Waals surface area contributed by atoms with Crippen LogP contribution in [-0.2, 0) is 37.9 Å². The van der Waals surface area contributed by atoms with Crippen LogP contribution < -0.4 is 0 Å². The van der Waals surface area contributed by atoms with Crippen LogP contribution in [-0.4, -0.2) is 106 Å². The third-order valence-corrected chi connectivity index (χ3v) is 2.81. The van der Waals surface area contributed by atoms with Crippen molar-refractivity contribution < 1.29 is 37.9 Å². The van der Waals surface area contributed by atoms with Crippen LogP contribution in [0.1, 0.15) is 0 Å². The maximum atomic E-state index is 5.39. The number of ether oxygens (including phenoxy) is 8. The molecule has 0 rings (SSSR count). The SMILES string of the molecule is [CH2]COCCOCCOCCOCCOCCOCCOCCOC. The number of hydrogen-bond acceptors (Lipinski definition) is 8. The monoisotopic (exact) mass is 367 g/mol. The Labute approximate surface area is 151 Å². The maximum absolute atomic E-state index is 5.39. The summed E-state index contributed by atoms with van der Waals surface area (Å²) in [5.41, 5.74) is 0. The van der Waals surface area contributed by atoms with Gasteiger partial charge in [0.05, 0.1) is 92.5 Å². The molecule has 25 heavy (non-hydrogen) atoms. The first-order valence-corrected chi connectivity index (χ1v) is 8.74. The summed E-state index contributed by atoms with van der Waals surface area (Å²) in [6.45, 7) is 11.9. The fraction of sp³-hybridized carbons (Fsp3) is 0.941. The molecule has 0 aromatic heterocycles. The average Bonchev–Trinajstić information content (AvgIpc) is 2.63. The second-order valence-corrected chi connectivity index (χ2v) is 4.78. The van der Waals surface area contributed by atoms with Gasteiger partial charge in [0, 0.05) is 13.7 Å². The van der Waals surface area contributed by atoms with E-state index in [-0.39, 0.29) is 0 Å². The zero-order valence-electron chi connectivity index (χ0n) is 15.6. The van der Waals surface area contributed by atoms with Gasteiger partial charge in [0.1, 0.15) is 0 Å². The molecular weight excluding hydrogens is 332 g/mol.